The highest BCUT2D eigenvalue weighted by Crippen LogP contribution is 2.41. The van der Waals surface area contributed by atoms with Crippen LogP contribution in [0.4, 0.5) is 0 Å². The van der Waals surface area contributed by atoms with E-state index in [1.54, 1.807) is 42.7 Å². The Morgan fingerprint density at radius 1 is 0.951 bits per heavy atom. The topological polar surface area (TPSA) is 89.0 Å². The summed E-state index contributed by atoms with van der Waals surface area (Å²) in [6.45, 7) is 6.73. The lowest BCUT2D eigenvalue weighted by Gasteiger charge is -2.25. The maximum Gasteiger partial charge on any atom is 0.295 e. The Kier molecular flexibility index (Phi) is 8.15. The average molecular weight is 549 g/mol. The van der Waals surface area contributed by atoms with Crippen molar-refractivity contribution in [3.63, 3.8) is 0 Å². The maximum atomic E-state index is 13.5. The normalized spacial score (nSPS) is 16.3. The molecule has 1 aromatic heterocycles. The predicted octanol–water partition coefficient (Wildman–Crippen LogP) is 6.84. The Morgan fingerprint density at radius 3 is 2.44 bits per heavy atom. The molecular formula is C34H32N2O5. The first-order valence-electron chi connectivity index (χ1n) is 13.6. The number of aliphatic hydroxyl groups excluding tert-OH is 1. The molecule has 7 heteroatoms. The minimum Gasteiger partial charge on any atom is -0.507 e. The zero-order chi connectivity index (χ0) is 28.9. The van der Waals surface area contributed by atoms with Gasteiger partial charge >= 0.3 is 0 Å². The third kappa shape index (κ3) is 6.14. The lowest BCUT2D eigenvalue weighted by Crippen LogP contribution is -2.29. The number of benzene rings is 3. The Balaban J connectivity index is 1.58. The van der Waals surface area contributed by atoms with E-state index in [0.29, 0.717) is 40.9 Å². The van der Waals surface area contributed by atoms with Crippen molar-refractivity contribution < 1.29 is 24.2 Å². The zero-order valence-electron chi connectivity index (χ0n) is 23.3. The number of amides is 1. The van der Waals surface area contributed by atoms with Crippen LogP contribution in [0.1, 0.15) is 42.1 Å². The minimum absolute atomic E-state index is 0.0194. The number of carbonyl (C=O) groups excluding carboxylic acids is 2. The fourth-order valence-electron chi connectivity index (χ4n) is 4.82. The fraction of sp³-hybridized carbons (Fsp3) is 0.206. The van der Waals surface area contributed by atoms with Crippen LogP contribution in [-0.2, 0) is 16.1 Å². The number of ether oxygens (including phenoxy) is 2. The van der Waals surface area contributed by atoms with Crippen LogP contribution in [0.25, 0.3) is 5.76 Å². The van der Waals surface area contributed by atoms with Crippen molar-refractivity contribution in [1.29, 1.82) is 0 Å². The molecule has 5 rings (SSSR count). The molecule has 1 amide bonds. The first-order valence-corrected chi connectivity index (χ1v) is 13.6. The van der Waals surface area contributed by atoms with Gasteiger partial charge in [0.2, 0.25) is 0 Å². The highest BCUT2D eigenvalue weighted by atomic mass is 16.5. The van der Waals surface area contributed by atoms with Crippen molar-refractivity contribution in [2.75, 3.05) is 6.61 Å². The second-order valence-electron chi connectivity index (χ2n) is 10.5. The molecule has 41 heavy (non-hydrogen) atoms. The summed E-state index contributed by atoms with van der Waals surface area (Å²) in [5.74, 6) is 0.587. The largest absolute Gasteiger partial charge is 0.507 e. The van der Waals surface area contributed by atoms with Crippen molar-refractivity contribution in [3.05, 3.63) is 125 Å². The summed E-state index contributed by atoms with van der Waals surface area (Å²) >= 11 is 0. The number of para-hydroxylation sites is 1. The number of hydrogen-bond acceptors (Lipinski definition) is 6. The molecule has 0 spiro atoms. The van der Waals surface area contributed by atoms with Gasteiger partial charge in [0.25, 0.3) is 11.7 Å². The van der Waals surface area contributed by atoms with Gasteiger partial charge in [0.15, 0.2) is 0 Å². The third-order valence-electron chi connectivity index (χ3n) is 6.79. The van der Waals surface area contributed by atoms with E-state index in [9.17, 15) is 14.7 Å². The number of Topliss-reactive ketones (excluding diaryl/α,β-unsaturated/α-hetero) is 1. The molecule has 0 bridgehead atoms. The molecule has 1 saturated heterocycles. The number of rotatable bonds is 9. The van der Waals surface area contributed by atoms with Crippen LogP contribution in [0, 0.1) is 12.8 Å². The number of hydrogen-bond donors (Lipinski definition) is 1. The third-order valence-corrected chi connectivity index (χ3v) is 6.79. The number of aliphatic hydroxyl groups is 1. The molecule has 208 valence electrons. The number of ketones is 1. The molecule has 7 nitrogen and oxygen atoms in total. The number of pyridine rings is 1. The maximum absolute atomic E-state index is 13.5. The SMILES string of the molecule is Cc1cc(/C(O)=C2\C(=O)C(=O)N(Cc3cccnc3)[C@H]2c2cccc(Oc3ccccc3)c2)ccc1OCC(C)C. The fourth-order valence-corrected chi connectivity index (χ4v) is 4.82. The van der Waals surface area contributed by atoms with Crippen molar-refractivity contribution in [2.24, 2.45) is 5.92 Å². The van der Waals surface area contributed by atoms with E-state index in [0.717, 1.165) is 11.1 Å². The second kappa shape index (κ2) is 12.1. The number of aromatic nitrogens is 1. The first kappa shape index (κ1) is 27.6. The molecule has 4 aromatic rings. The zero-order valence-corrected chi connectivity index (χ0v) is 23.3. The van der Waals surface area contributed by atoms with Gasteiger partial charge in [-0.2, -0.15) is 0 Å². The van der Waals surface area contributed by atoms with Gasteiger partial charge in [-0.3, -0.25) is 14.6 Å². The number of likely N-dealkylation sites (tertiary alicyclic amines) is 1. The summed E-state index contributed by atoms with van der Waals surface area (Å²) in [5.41, 5.74) is 2.66. The second-order valence-corrected chi connectivity index (χ2v) is 10.5. The smallest absolute Gasteiger partial charge is 0.295 e. The van der Waals surface area contributed by atoms with E-state index in [2.05, 4.69) is 18.8 Å². The van der Waals surface area contributed by atoms with Gasteiger partial charge in [-0.15, -0.1) is 0 Å². The summed E-state index contributed by atoms with van der Waals surface area (Å²) in [6.07, 6.45) is 3.31. The lowest BCUT2D eigenvalue weighted by molar-refractivity contribution is -0.140. The average Bonchev–Trinajstić information content (AvgIpc) is 3.22. The van der Waals surface area contributed by atoms with Gasteiger partial charge in [-0.1, -0.05) is 50.2 Å². The van der Waals surface area contributed by atoms with Gasteiger partial charge in [-0.25, -0.2) is 0 Å². The van der Waals surface area contributed by atoms with E-state index in [-0.39, 0.29) is 17.9 Å². The summed E-state index contributed by atoms with van der Waals surface area (Å²) in [6, 6.07) is 24.6. The molecule has 1 aliphatic heterocycles. The van der Waals surface area contributed by atoms with Crippen molar-refractivity contribution >= 4 is 17.4 Å². The molecule has 0 saturated carbocycles. The molecule has 3 aromatic carbocycles. The monoisotopic (exact) mass is 548 g/mol. The van der Waals surface area contributed by atoms with Crippen molar-refractivity contribution in [1.82, 2.24) is 9.88 Å². The molecule has 1 atom stereocenters. The standard InChI is InChI=1S/C34H32N2O5/c1-22(2)21-40-29-15-14-26(17-23(29)3)32(37)30-31(36(34(39)33(30)38)20-24-9-8-16-35-19-24)25-10-7-13-28(18-25)41-27-11-5-4-6-12-27/h4-19,22,31,37H,20-21H2,1-3H3/b32-30+/t31-/m0/s1. The number of nitrogens with zero attached hydrogens (tertiary/aromatic N) is 2. The van der Waals surface area contributed by atoms with Crippen LogP contribution in [0.2, 0.25) is 0 Å². The molecule has 1 fully saturated rings. The minimum atomic E-state index is -0.841. The van der Waals surface area contributed by atoms with Crippen LogP contribution >= 0.6 is 0 Å². The summed E-state index contributed by atoms with van der Waals surface area (Å²) in [7, 11) is 0. The molecular weight excluding hydrogens is 516 g/mol. The van der Waals surface area contributed by atoms with E-state index in [1.807, 2.05) is 61.5 Å². The molecule has 2 heterocycles. The van der Waals surface area contributed by atoms with E-state index in [1.165, 1.54) is 4.90 Å². The van der Waals surface area contributed by atoms with E-state index >= 15 is 0 Å². The van der Waals surface area contributed by atoms with E-state index < -0.39 is 17.7 Å². The Hall–Kier alpha value is -4.91. The quantitative estimate of drug-likeness (QED) is 0.140. The van der Waals surface area contributed by atoms with Gasteiger partial charge in [0.1, 0.15) is 23.0 Å². The van der Waals surface area contributed by atoms with Gasteiger partial charge in [0.05, 0.1) is 18.2 Å². The summed E-state index contributed by atoms with van der Waals surface area (Å²) in [4.78, 5) is 32.6. The van der Waals surface area contributed by atoms with E-state index in [4.69, 9.17) is 9.47 Å². The Bertz CT molecular complexity index is 1580. The molecule has 0 radical (unpaired) electrons. The molecule has 1 aliphatic rings. The predicted molar refractivity (Wildman–Crippen MR) is 157 cm³/mol. The summed E-state index contributed by atoms with van der Waals surface area (Å²) < 4.78 is 11.9. The van der Waals surface area contributed by atoms with Crippen molar-refractivity contribution in [2.45, 2.75) is 33.4 Å². The van der Waals surface area contributed by atoms with Crippen LogP contribution in [0.5, 0.6) is 17.2 Å². The molecule has 0 aliphatic carbocycles. The van der Waals surface area contributed by atoms with Crippen LogP contribution in [-0.4, -0.2) is 33.3 Å². The molecule has 0 unspecified atom stereocenters. The first-order chi connectivity index (χ1) is 19.8. The van der Waals surface area contributed by atoms with Gasteiger partial charge in [0, 0.05) is 24.5 Å². The Labute approximate surface area is 239 Å². The van der Waals surface area contributed by atoms with Gasteiger partial charge in [-0.05, 0) is 78.1 Å². The highest BCUT2D eigenvalue weighted by molar-refractivity contribution is 6.46. The van der Waals surface area contributed by atoms with Crippen LogP contribution < -0.4 is 9.47 Å². The van der Waals surface area contributed by atoms with Gasteiger partial charge < -0.3 is 19.5 Å². The lowest BCUT2D eigenvalue weighted by atomic mass is 9.94. The van der Waals surface area contributed by atoms with Crippen LogP contribution in [0.15, 0.2) is 103 Å². The highest BCUT2D eigenvalue weighted by Gasteiger charge is 2.46. The molecule has 1 N–H and O–H groups in total. The Morgan fingerprint density at radius 2 is 1.73 bits per heavy atom. The number of aryl methyl sites for hydroxylation is 1. The summed E-state index contributed by atoms with van der Waals surface area (Å²) in [5, 5.41) is 11.6. The van der Waals surface area contributed by atoms with Crippen LogP contribution in [0.3, 0.4) is 0 Å². The van der Waals surface area contributed by atoms with Crippen molar-refractivity contribution in [3.8, 4) is 17.2 Å². The number of carbonyl (C=O) groups is 2.